The summed E-state index contributed by atoms with van der Waals surface area (Å²) in [4.78, 5) is 35.9. The average molecular weight is 455 g/mol. The van der Waals surface area contributed by atoms with Crippen molar-refractivity contribution in [1.29, 1.82) is 0 Å². The zero-order valence-electron chi connectivity index (χ0n) is 16.8. The number of carbonyl (C=O) groups excluding carboxylic acids is 1. The van der Waals surface area contributed by atoms with E-state index in [0.717, 1.165) is 4.68 Å². The maximum absolute atomic E-state index is 13.6. The summed E-state index contributed by atoms with van der Waals surface area (Å²) in [5, 5.41) is 15.3. The molecule has 0 atom stereocenters. The van der Waals surface area contributed by atoms with Crippen molar-refractivity contribution in [1.82, 2.24) is 29.2 Å². The molecule has 1 aliphatic heterocycles. The Morgan fingerprint density at radius 2 is 2.03 bits per heavy atom. The van der Waals surface area contributed by atoms with Gasteiger partial charge in [0.05, 0.1) is 23.3 Å². The SMILES string of the molecule is CN1CCn2c(c(O)c3c(=O)n(Cc4ccc(F)c(Cl)c4)nc(-c4cnccn4)c32)C1=O. The smallest absolute Gasteiger partial charge is 0.280 e. The molecule has 1 aliphatic rings. The van der Waals surface area contributed by atoms with Gasteiger partial charge in [0, 0.05) is 32.5 Å². The number of carbonyl (C=O) groups is 1. The molecule has 9 nitrogen and oxygen atoms in total. The zero-order valence-corrected chi connectivity index (χ0v) is 17.5. The maximum atomic E-state index is 13.6. The van der Waals surface area contributed by atoms with Crippen LogP contribution in [0.25, 0.3) is 22.3 Å². The number of aromatic nitrogens is 5. The fourth-order valence-corrected chi connectivity index (χ4v) is 4.08. The lowest BCUT2D eigenvalue weighted by Gasteiger charge is -2.25. The Hall–Kier alpha value is -3.79. The summed E-state index contributed by atoms with van der Waals surface area (Å²) in [6.07, 6.45) is 4.47. The van der Waals surface area contributed by atoms with Gasteiger partial charge in [0.15, 0.2) is 11.4 Å². The topological polar surface area (TPSA) is 106 Å². The van der Waals surface area contributed by atoms with Gasteiger partial charge in [-0.3, -0.25) is 19.6 Å². The van der Waals surface area contributed by atoms with E-state index in [1.54, 1.807) is 11.6 Å². The van der Waals surface area contributed by atoms with Crippen LogP contribution in [-0.2, 0) is 13.1 Å². The third-order valence-electron chi connectivity index (χ3n) is 5.46. The van der Waals surface area contributed by atoms with Crippen LogP contribution in [0.5, 0.6) is 5.75 Å². The van der Waals surface area contributed by atoms with Gasteiger partial charge >= 0.3 is 0 Å². The van der Waals surface area contributed by atoms with Gasteiger partial charge in [-0.25, -0.2) is 9.07 Å². The maximum Gasteiger partial charge on any atom is 0.280 e. The number of likely N-dealkylation sites (N-methyl/N-ethyl adjacent to an activating group) is 1. The molecule has 4 heterocycles. The fourth-order valence-electron chi connectivity index (χ4n) is 3.88. The summed E-state index contributed by atoms with van der Waals surface area (Å²) in [6.45, 7) is 0.753. The molecule has 0 fully saturated rings. The monoisotopic (exact) mass is 454 g/mol. The number of fused-ring (bicyclic) bond motifs is 3. The van der Waals surface area contributed by atoms with Crippen molar-refractivity contribution in [2.24, 2.45) is 0 Å². The predicted octanol–water partition coefficient (Wildman–Crippen LogP) is 2.29. The lowest BCUT2D eigenvalue weighted by molar-refractivity contribution is 0.0747. The number of benzene rings is 1. The Morgan fingerprint density at radius 1 is 1.22 bits per heavy atom. The van der Waals surface area contributed by atoms with Crippen molar-refractivity contribution in [3.8, 4) is 17.1 Å². The number of hydrogen-bond donors (Lipinski definition) is 1. The minimum atomic E-state index is -0.594. The second-order valence-corrected chi connectivity index (χ2v) is 7.86. The van der Waals surface area contributed by atoms with Crippen molar-refractivity contribution in [3.05, 3.63) is 69.2 Å². The molecular weight excluding hydrogens is 439 g/mol. The van der Waals surface area contributed by atoms with E-state index < -0.39 is 23.0 Å². The van der Waals surface area contributed by atoms with Crippen LogP contribution in [0.15, 0.2) is 41.6 Å². The molecule has 0 spiro atoms. The van der Waals surface area contributed by atoms with Crippen molar-refractivity contribution < 1.29 is 14.3 Å². The van der Waals surface area contributed by atoms with Gasteiger partial charge in [-0.2, -0.15) is 5.10 Å². The van der Waals surface area contributed by atoms with Crippen LogP contribution in [0.4, 0.5) is 4.39 Å². The lowest BCUT2D eigenvalue weighted by Crippen LogP contribution is -2.37. The van der Waals surface area contributed by atoms with Crippen molar-refractivity contribution >= 4 is 28.4 Å². The number of halogens is 2. The van der Waals surface area contributed by atoms with Crippen LogP contribution in [0.2, 0.25) is 5.02 Å². The van der Waals surface area contributed by atoms with Crippen LogP contribution in [0.3, 0.4) is 0 Å². The molecule has 11 heteroatoms. The minimum Gasteiger partial charge on any atom is -0.505 e. The van der Waals surface area contributed by atoms with E-state index in [2.05, 4.69) is 15.1 Å². The first-order chi connectivity index (χ1) is 15.4. The molecule has 0 bridgehead atoms. The molecule has 1 N–H and O–H groups in total. The van der Waals surface area contributed by atoms with Crippen molar-refractivity contribution in [2.45, 2.75) is 13.1 Å². The minimum absolute atomic E-state index is 0.0281. The molecule has 162 valence electrons. The first kappa shape index (κ1) is 20.1. The number of amides is 1. The molecule has 32 heavy (non-hydrogen) atoms. The highest BCUT2D eigenvalue weighted by Crippen LogP contribution is 2.36. The van der Waals surface area contributed by atoms with Gasteiger partial charge in [-0.05, 0) is 17.7 Å². The molecule has 5 rings (SSSR count). The van der Waals surface area contributed by atoms with Gasteiger partial charge in [0.1, 0.15) is 22.6 Å². The molecule has 3 aromatic heterocycles. The normalized spacial score (nSPS) is 13.6. The van der Waals surface area contributed by atoms with Crippen molar-refractivity contribution in [2.75, 3.05) is 13.6 Å². The van der Waals surface area contributed by atoms with Crippen LogP contribution < -0.4 is 5.56 Å². The van der Waals surface area contributed by atoms with Gasteiger partial charge in [0.25, 0.3) is 11.5 Å². The Morgan fingerprint density at radius 3 is 2.75 bits per heavy atom. The van der Waals surface area contributed by atoms with Crippen LogP contribution in [-0.4, -0.2) is 53.8 Å². The molecule has 1 aromatic carbocycles. The number of nitrogens with zero attached hydrogens (tertiary/aromatic N) is 6. The molecule has 1 amide bonds. The largest absolute Gasteiger partial charge is 0.505 e. The van der Waals surface area contributed by atoms with E-state index in [-0.39, 0.29) is 22.6 Å². The Labute approximate surface area is 185 Å². The van der Waals surface area contributed by atoms with Gasteiger partial charge < -0.3 is 14.6 Å². The lowest BCUT2D eigenvalue weighted by atomic mass is 10.2. The fraction of sp³-hybridized carbons (Fsp3) is 0.190. The Kier molecular flexibility index (Phi) is 4.66. The summed E-state index contributed by atoms with van der Waals surface area (Å²) < 4.78 is 16.3. The molecular formula is C21H16ClFN6O3. The summed E-state index contributed by atoms with van der Waals surface area (Å²) in [5.74, 6) is -1.38. The third-order valence-corrected chi connectivity index (χ3v) is 5.75. The first-order valence-corrected chi connectivity index (χ1v) is 10.1. The standard InChI is InChI=1S/C21H16ClFN6O3/c1-27-6-7-28-17-15(19(30)18(28)21(27)32)20(31)29(10-11-2-3-13(23)12(22)8-11)26-16(17)14-9-24-4-5-25-14/h2-5,8-9,30H,6-7,10H2,1H3. The number of aromatic hydroxyl groups is 1. The summed E-state index contributed by atoms with van der Waals surface area (Å²) in [5.41, 5.74) is 0.950. The quantitative estimate of drug-likeness (QED) is 0.509. The molecule has 0 unspecified atom stereocenters. The van der Waals surface area contributed by atoms with Crippen LogP contribution >= 0.6 is 11.6 Å². The molecule has 0 saturated carbocycles. The van der Waals surface area contributed by atoms with Crippen LogP contribution in [0, 0.1) is 5.82 Å². The van der Waals surface area contributed by atoms with E-state index in [0.29, 0.717) is 35.6 Å². The zero-order chi connectivity index (χ0) is 22.6. The average Bonchev–Trinajstić information content (AvgIpc) is 3.09. The summed E-state index contributed by atoms with van der Waals surface area (Å²) in [6, 6.07) is 4.10. The highest BCUT2D eigenvalue weighted by atomic mass is 35.5. The van der Waals surface area contributed by atoms with Gasteiger partial charge in [0.2, 0.25) is 0 Å². The van der Waals surface area contributed by atoms with E-state index in [1.165, 1.54) is 41.7 Å². The van der Waals surface area contributed by atoms with E-state index in [4.69, 9.17) is 11.6 Å². The second-order valence-electron chi connectivity index (χ2n) is 7.45. The highest BCUT2D eigenvalue weighted by molar-refractivity contribution is 6.30. The van der Waals surface area contributed by atoms with Crippen LogP contribution in [0.1, 0.15) is 16.1 Å². The predicted molar refractivity (Wildman–Crippen MR) is 114 cm³/mol. The van der Waals surface area contributed by atoms with E-state index in [1.807, 2.05) is 0 Å². The summed E-state index contributed by atoms with van der Waals surface area (Å²) in [7, 11) is 1.63. The molecule has 0 radical (unpaired) electrons. The van der Waals surface area contributed by atoms with E-state index >= 15 is 0 Å². The van der Waals surface area contributed by atoms with Crippen molar-refractivity contribution in [3.63, 3.8) is 0 Å². The molecule has 0 saturated heterocycles. The van der Waals surface area contributed by atoms with Gasteiger partial charge in [-0.15, -0.1) is 0 Å². The number of rotatable bonds is 3. The number of hydrogen-bond acceptors (Lipinski definition) is 6. The summed E-state index contributed by atoms with van der Waals surface area (Å²) >= 11 is 5.88. The Bertz CT molecular complexity index is 1450. The second kappa shape index (κ2) is 7.41. The van der Waals surface area contributed by atoms with Gasteiger partial charge in [-0.1, -0.05) is 17.7 Å². The molecule has 4 aromatic rings. The third kappa shape index (κ3) is 3.02. The highest BCUT2D eigenvalue weighted by Gasteiger charge is 2.33. The first-order valence-electron chi connectivity index (χ1n) is 9.69. The Balaban J connectivity index is 1.81. The van der Waals surface area contributed by atoms with E-state index in [9.17, 15) is 19.1 Å². The molecule has 0 aliphatic carbocycles.